The van der Waals surface area contributed by atoms with Crippen molar-refractivity contribution in [1.82, 2.24) is 9.55 Å². The quantitative estimate of drug-likeness (QED) is 0.682. The number of fused-ring (bicyclic) bond motifs is 1. The molecule has 0 amide bonds. The Labute approximate surface area is 163 Å². The maximum atomic E-state index is 9.49. The lowest BCUT2D eigenvalue weighted by Crippen LogP contribution is -2.27. The van der Waals surface area contributed by atoms with Crippen LogP contribution in [0.1, 0.15) is 42.9 Å². The minimum absolute atomic E-state index is 0.294. The standard InChI is InChI=1S/C21H22ClN5/c1-12-6-20-16(7-13(12)8-23)18(17-9-26-10-19(25)21(17)22)11-27(20)15-4-2-14(24)3-5-15/h6-7,9-11,14-15H,2-5,24-25H2,1H3. The topological polar surface area (TPSA) is 93.6 Å². The Morgan fingerprint density at radius 3 is 2.63 bits per heavy atom. The van der Waals surface area contributed by atoms with E-state index in [1.165, 1.54) is 0 Å². The first kappa shape index (κ1) is 17.8. The third-order valence-electron chi connectivity index (χ3n) is 5.63. The number of nitriles is 1. The zero-order valence-corrected chi connectivity index (χ0v) is 16.0. The Morgan fingerprint density at radius 1 is 1.19 bits per heavy atom. The molecule has 1 aliphatic rings. The van der Waals surface area contributed by atoms with Crippen LogP contribution in [0.15, 0.2) is 30.7 Å². The highest BCUT2D eigenvalue weighted by molar-refractivity contribution is 6.36. The Morgan fingerprint density at radius 2 is 1.93 bits per heavy atom. The molecule has 6 heteroatoms. The second-order valence-corrected chi connectivity index (χ2v) is 7.78. The average molecular weight is 380 g/mol. The summed E-state index contributed by atoms with van der Waals surface area (Å²) < 4.78 is 2.32. The van der Waals surface area contributed by atoms with Gasteiger partial charge in [-0.05, 0) is 50.3 Å². The fourth-order valence-corrected chi connectivity index (χ4v) is 4.27. The van der Waals surface area contributed by atoms with Gasteiger partial charge in [0.15, 0.2) is 0 Å². The summed E-state index contributed by atoms with van der Waals surface area (Å²) in [5.41, 5.74) is 17.0. The van der Waals surface area contributed by atoms with Crippen LogP contribution in [-0.4, -0.2) is 15.6 Å². The molecule has 0 spiro atoms. The van der Waals surface area contributed by atoms with Crippen LogP contribution < -0.4 is 11.5 Å². The van der Waals surface area contributed by atoms with Crippen molar-refractivity contribution in [2.75, 3.05) is 5.73 Å². The normalized spacial score (nSPS) is 19.9. The minimum atomic E-state index is 0.294. The van der Waals surface area contributed by atoms with E-state index in [4.69, 9.17) is 23.1 Å². The largest absolute Gasteiger partial charge is 0.396 e. The van der Waals surface area contributed by atoms with Gasteiger partial charge in [-0.2, -0.15) is 5.26 Å². The smallest absolute Gasteiger partial charge is 0.0994 e. The lowest BCUT2D eigenvalue weighted by Gasteiger charge is -2.28. The number of halogens is 1. The Bertz CT molecular complexity index is 1050. The number of benzene rings is 1. The first-order valence-corrected chi connectivity index (χ1v) is 9.57. The Hall–Kier alpha value is -2.55. The molecule has 27 heavy (non-hydrogen) atoms. The summed E-state index contributed by atoms with van der Waals surface area (Å²) in [6.45, 7) is 1.97. The maximum absolute atomic E-state index is 9.49. The average Bonchev–Trinajstić information content (AvgIpc) is 3.02. The summed E-state index contributed by atoms with van der Waals surface area (Å²) in [7, 11) is 0. The zero-order chi connectivity index (χ0) is 19.1. The molecule has 2 aromatic heterocycles. The predicted octanol–water partition coefficient (Wildman–Crippen LogP) is 4.56. The number of aromatic nitrogens is 2. The number of hydrogen-bond acceptors (Lipinski definition) is 4. The van der Waals surface area contributed by atoms with Crippen molar-refractivity contribution < 1.29 is 0 Å². The van der Waals surface area contributed by atoms with Crippen LogP contribution in [0.4, 0.5) is 5.69 Å². The molecular weight excluding hydrogens is 358 g/mol. The van der Waals surface area contributed by atoms with E-state index in [0.717, 1.165) is 53.3 Å². The van der Waals surface area contributed by atoms with E-state index in [2.05, 4.69) is 27.9 Å². The van der Waals surface area contributed by atoms with Gasteiger partial charge in [-0.1, -0.05) is 11.6 Å². The summed E-state index contributed by atoms with van der Waals surface area (Å²) >= 11 is 6.49. The number of aryl methyl sites for hydroxylation is 1. The molecule has 1 aliphatic carbocycles. The van der Waals surface area contributed by atoms with Gasteiger partial charge in [0.1, 0.15) is 0 Å². The van der Waals surface area contributed by atoms with E-state index in [-0.39, 0.29) is 0 Å². The number of rotatable bonds is 2. The van der Waals surface area contributed by atoms with Gasteiger partial charge < -0.3 is 16.0 Å². The molecule has 0 bridgehead atoms. The minimum Gasteiger partial charge on any atom is -0.396 e. The van der Waals surface area contributed by atoms with E-state index in [1.54, 1.807) is 12.4 Å². The van der Waals surface area contributed by atoms with Gasteiger partial charge >= 0.3 is 0 Å². The molecule has 4 rings (SSSR count). The SMILES string of the molecule is Cc1cc2c(cc1C#N)c(-c1cncc(N)c1Cl)cn2C1CCC(N)CC1. The van der Waals surface area contributed by atoms with Gasteiger partial charge in [0.25, 0.3) is 0 Å². The molecule has 0 saturated heterocycles. The van der Waals surface area contributed by atoms with Gasteiger partial charge in [0.05, 0.1) is 28.5 Å². The first-order valence-electron chi connectivity index (χ1n) is 9.19. The van der Waals surface area contributed by atoms with Crippen molar-refractivity contribution in [3.8, 4) is 17.2 Å². The van der Waals surface area contributed by atoms with Gasteiger partial charge in [-0.15, -0.1) is 0 Å². The van der Waals surface area contributed by atoms with Crippen LogP contribution in [-0.2, 0) is 0 Å². The van der Waals surface area contributed by atoms with Crippen molar-refractivity contribution in [3.05, 3.63) is 46.9 Å². The summed E-state index contributed by atoms with van der Waals surface area (Å²) in [5.74, 6) is 0. The molecule has 5 nitrogen and oxygen atoms in total. The number of nitrogens with two attached hydrogens (primary N) is 2. The van der Waals surface area contributed by atoms with E-state index in [1.807, 2.05) is 13.0 Å². The first-order chi connectivity index (χ1) is 13.0. The molecule has 3 aromatic rings. The Balaban J connectivity index is 1.96. The predicted molar refractivity (Wildman–Crippen MR) is 110 cm³/mol. The molecule has 138 valence electrons. The third kappa shape index (κ3) is 3.05. The highest BCUT2D eigenvalue weighted by atomic mass is 35.5. The van der Waals surface area contributed by atoms with Gasteiger partial charge in [-0.3, -0.25) is 4.98 Å². The van der Waals surface area contributed by atoms with Crippen molar-refractivity contribution in [2.45, 2.75) is 44.7 Å². The highest BCUT2D eigenvalue weighted by Gasteiger charge is 2.24. The molecule has 4 N–H and O–H groups in total. The monoisotopic (exact) mass is 379 g/mol. The van der Waals surface area contributed by atoms with E-state index >= 15 is 0 Å². The van der Waals surface area contributed by atoms with Crippen LogP contribution in [0.25, 0.3) is 22.0 Å². The molecule has 1 aromatic carbocycles. The molecule has 1 saturated carbocycles. The molecule has 1 fully saturated rings. The lowest BCUT2D eigenvalue weighted by atomic mass is 9.91. The maximum Gasteiger partial charge on any atom is 0.0994 e. The molecule has 2 heterocycles. The number of nitrogens with zero attached hydrogens (tertiary/aromatic N) is 3. The number of pyridine rings is 1. The van der Waals surface area contributed by atoms with Gasteiger partial charge in [0.2, 0.25) is 0 Å². The van der Waals surface area contributed by atoms with Crippen LogP contribution in [0.2, 0.25) is 5.02 Å². The van der Waals surface area contributed by atoms with Crippen molar-refractivity contribution in [2.24, 2.45) is 5.73 Å². The van der Waals surface area contributed by atoms with Crippen LogP contribution in [0, 0.1) is 18.3 Å². The summed E-state index contributed by atoms with van der Waals surface area (Å²) in [5, 5.41) is 11.0. The van der Waals surface area contributed by atoms with Crippen LogP contribution in [0.3, 0.4) is 0 Å². The highest BCUT2D eigenvalue weighted by Crippen LogP contribution is 2.41. The summed E-state index contributed by atoms with van der Waals surface area (Å²) in [6, 6.07) is 7.02. The van der Waals surface area contributed by atoms with E-state index < -0.39 is 0 Å². The number of nitrogen functional groups attached to an aromatic ring is 1. The van der Waals surface area contributed by atoms with E-state index in [9.17, 15) is 5.26 Å². The summed E-state index contributed by atoms with van der Waals surface area (Å²) in [6.07, 6.45) is 9.57. The van der Waals surface area contributed by atoms with Crippen LogP contribution >= 0.6 is 11.6 Å². The fourth-order valence-electron chi connectivity index (χ4n) is 4.07. The van der Waals surface area contributed by atoms with Crippen LogP contribution in [0.5, 0.6) is 0 Å². The molecular formula is C21H22ClN5. The molecule has 0 unspecified atom stereocenters. The fraction of sp³-hybridized carbons (Fsp3) is 0.333. The lowest BCUT2D eigenvalue weighted by molar-refractivity contribution is 0.330. The number of hydrogen-bond donors (Lipinski definition) is 2. The van der Waals surface area contributed by atoms with Gasteiger partial charge in [-0.25, -0.2) is 0 Å². The van der Waals surface area contributed by atoms with E-state index in [0.29, 0.717) is 28.4 Å². The van der Waals surface area contributed by atoms with Gasteiger partial charge in [0, 0.05) is 46.5 Å². The third-order valence-corrected chi connectivity index (χ3v) is 6.05. The van der Waals surface area contributed by atoms with Crippen molar-refractivity contribution >= 4 is 28.2 Å². The molecule has 0 radical (unpaired) electrons. The number of anilines is 1. The Kier molecular flexibility index (Phi) is 4.55. The van der Waals surface area contributed by atoms with Crippen molar-refractivity contribution in [1.29, 1.82) is 5.26 Å². The summed E-state index contributed by atoms with van der Waals surface area (Å²) in [4.78, 5) is 4.22. The van der Waals surface area contributed by atoms with Crippen molar-refractivity contribution in [3.63, 3.8) is 0 Å². The molecule has 0 atom stereocenters. The second-order valence-electron chi connectivity index (χ2n) is 7.40. The zero-order valence-electron chi connectivity index (χ0n) is 15.2. The second kappa shape index (κ2) is 6.88. The molecule has 0 aliphatic heterocycles.